The van der Waals surface area contributed by atoms with Crippen molar-refractivity contribution >= 4 is 35.2 Å². The topological polar surface area (TPSA) is 101 Å². The Labute approximate surface area is 185 Å². The van der Waals surface area contributed by atoms with Crippen molar-refractivity contribution in [3.8, 4) is 5.75 Å². The second-order valence-electron chi connectivity index (χ2n) is 7.90. The van der Waals surface area contributed by atoms with Gasteiger partial charge in [-0.05, 0) is 50.3 Å². The summed E-state index contributed by atoms with van der Waals surface area (Å²) in [6.07, 6.45) is 4.61. The van der Waals surface area contributed by atoms with Crippen LogP contribution in [0.2, 0.25) is 0 Å². The molecule has 2 fully saturated rings. The summed E-state index contributed by atoms with van der Waals surface area (Å²) in [5.74, 6) is 1.17. The Morgan fingerprint density at radius 2 is 1.97 bits per heavy atom. The monoisotopic (exact) mass is 444 g/mol. The lowest BCUT2D eigenvalue weighted by Gasteiger charge is -2.17. The van der Waals surface area contributed by atoms with Crippen LogP contribution in [0, 0.1) is 6.92 Å². The van der Waals surface area contributed by atoms with Gasteiger partial charge in [0, 0.05) is 19.1 Å². The smallest absolute Gasteiger partial charge is 0.243 e. The molecule has 2 N–H and O–H groups in total. The van der Waals surface area contributed by atoms with E-state index in [9.17, 15) is 9.59 Å². The van der Waals surface area contributed by atoms with Gasteiger partial charge in [-0.1, -0.05) is 17.8 Å². The van der Waals surface area contributed by atoms with Crippen LogP contribution in [0.15, 0.2) is 23.4 Å². The molecule has 2 aromatic rings. The van der Waals surface area contributed by atoms with Crippen LogP contribution in [0.5, 0.6) is 5.75 Å². The molecular formula is C21H28N6O3S. The number of amides is 2. The molecule has 9 nitrogen and oxygen atoms in total. The number of methoxy groups -OCH3 is 1. The number of hydrogen-bond donors (Lipinski definition) is 2. The van der Waals surface area contributed by atoms with Gasteiger partial charge in [-0.25, -0.2) is 0 Å². The first kappa shape index (κ1) is 21.5. The number of hydrogen-bond acceptors (Lipinski definition) is 7. The van der Waals surface area contributed by atoms with Crippen molar-refractivity contribution in [3.63, 3.8) is 0 Å². The van der Waals surface area contributed by atoms with Gasteiger partial charge in [-0.3, -0.25) is 14.2 Å². The molecule has 0 spiro atoms. The summed E-state index contributed by atoms with van der Waals surface area (Å²) in [5, 5.41) is 14.9. The second kappa shape index (κ2) is 9.59. The van der Waals surface area contributed by atoms with Crippen LogP contribution in [0.1, 0.15) is 37.3 Å². The number of benzene rings is 1. The van der Waals surface area contributed by atoms with Gasteiger partial charge in [-0.15, -0.1) is 10.2 Å². The molecule has 166 valence electrons. The highest BCUT2D eigenvalue weighted by molar-refractivity contribution is 7.99. The molecule has 31 heavy (non-hydrogen) atoms. The average molecular weight is 445 g/mol. The van der Waals surface area contributed by atoms with Gasteiger partial charge < -0.3 is 20.3 Å². The number of carbonyl (C=O) groups is 2. The Kier molecular flexibility index (Phi) is 6.64. The molecule has 1 saturated carbocycles. The number of carbonyl (C=O) groups excluding carboxylic acids is 2. The summed E-state index contributed by atoms with van der Waals surface area (Å²) in [7, 11) is 1.55. The van der Waals surface area contributed by atoms with Crippen molar-refractivity contribution in [1.29, 1.82) is 0 Å². The fraction of sp³-hybridized carbons (Fsp3) is 0.524. The normalized spacial score (nSPS) is 15.7. The summed E-state index contributed by atoms with van der Waals surface area (Å²) in [5.41, 5.74) is 1.59. The highest BCUT2D eigenvalue weighted by Crippen LogP contribution is 2.41. The van der Waals surface area contributed by atoms with Crippen molar-refractivity contribution in [3.05, 3.63) is 23.8 Å². The number of ether oxygens (including phenoxy) is 1. The lowest BCUT2D eigenvalue weighted by molar-refractivity contribution is -0.122. The third kappa shape index (κ3) is 5.30. The number of anilines is 2. The maximum absolute atomic E-state index is 12.3. The quantitative estimate of drug-likeness (QED) is 0.573. The first-order valence-corrected chi connectivity index (χ1v) is 11.6. The molecule has 1 saturated heterocycles. The van der Waals surface area contributed by atoms with Gasteiger partial charge in [0.1, 0.15) is 5.75 Å². The summed E-state index contributed by atoms with van der Waals surface area (Å²) in [4.78, 5) is 26.8. The van der Waals surface area contributed by atoms with E-state index in [0.29, 0.717) is 17.5 Å². The molecule has 0 radical (unpaired) electrons. The molecule has 2 amide bonds. The highest BCUT2D eigenvalue weighted by Gasteiger charge is 2.32. The number of nitrogens with zero attached hydrogens (tertiary/aromatic N) is 4. The van der Waals surface area contributed by atoms with Crippen LogP contribution in [0.25, 0.3) is 0 Å². The number of nitrogens with one attached hydrogen (secondary N) is 2. The van der Waals surface area contributed by atoms with Crippen molar-refractivity contribution < 1.29 is 14.3 Å². The summed E-state index contributed by atoms with van der Waals surface area (Å²) in [6.45, 7) is 3.85. The van der Waals surface area contributed by atoms with Crippen LogP contribution in [-0.4, -0.2) is 59.1 Å². The third-order valence-corrected chi connectivity index (χ3v) is 6.30. The van der Waals surface area contributed by atoms with E-state index in [1.165, 1.54) is 24.6 Å². The first-order valence-electron chi connectivity index (χ1n) is 10.6. The van der Waals surface area contributed by atoms with Crippen LogP contribution >= 0.6 is 11.8 Å². The van der Waals surface area contributed by atoms with Gasteiger partial charge in [0.05, 0.1) is 25.1 Å². The predicted octanol–water partition coefficient (Wildman–Crippen LogP) is 2.38. The van der Waals surface area contributed by atoms with Crippen molar-refractivity contribution in [2.24, 2.45) is 0 Å². The van der Waals surface area contributed by atoms with Gasteiger partial charge in [0.25, 0.3) is 0 Å². The fourth-order valence-corrected chi connectivity index (χ4v) is 4.46. The lowest BCUT2D eigenvalue weighted by atomic mass is 10.2. The summed E-state index contributed by atoms with van der Waals surface area (Å²) in [6, 6.07) is 5.97. The molecule has 1 aliphatic heterocycles. The zero-order valence-corrected chi connectivity index (χ0v) is 18.7. The highest BCUT2D eigenvalue weighted by atomic mass is 32.2. The zero-order valence-electron chi connectivity index (χ0n) is 17.9. The molecule has 1 aromatic carbocycles. The van der Waals surface area contributed by atoms with E-state index in [4.69, 9.17) is 4.74 Å². The van der Waals surface area contributed by atoms with Gasteiger partial charge >= 0.3 is 0 Å². The standard InChI is InChI=1S/C21H28N6O3S/c1-14-5-8-17(30-2)16(11-14)23-18(28)12-22-19(29)13-31-21-25-24-20(26-9-3-4-10-26)27(21)15-6-7-15/h5,8,11,15H,3-4,6-7,9-10,12-13H2,1-2H3,(H,22,29)(H,23,28). The molecule has 0 atom stereocenters. The minimum absolute atomic E-state index is 0.106. The minimum atomic E-state index is -0.306. The van der Waals surface area contributed by atoms with Gasteiger partial charge in [0.15, 0.2) is 5.16 Å². The Bertz CT molecular complexity index is 953. The van der Waals surface area contributed by atoms with Crippen molar-refractivity contribution in [2.45, 2.75) is 43.8 Å². The first-order chi connectivity index (χ1) is 15.0. The third-order valence-electron chi connectivity index (χ3n) is 5.36. The maximum atomic E-state index is 12.3. The molecule has 4 rings (SSSR count). The lowest BCUT2D eigenvalue weighted by Crippen LogP contribution is -2.34. The van der Waals surface area contributed by atoms with E-state index in [1.54, 1.807) is 13.2 Å². The number of rotatable bonds is 9. The van der Waals surface area contributed by atoms with Crippen LogP contribution < -0.4 is 20.3 Å². The van der Waals surface area contributed by atoms with Crippen LogP contribution in [0.3, 0.4) is 0 Å². The average Bonchev–Trinajstić information content (AvgIpc) is 3.27. The van der Waals surface area contributed by atoms with Gasteiger partial charge in [-0.2, -0.15) is 0 Å². The van der Waals surface area contributed by atoms with E-state index < -0.39 is 0 Å². The molecule has 0 bridgehead atoms. The minimum Gasteiger partial charge on any atom is -0.495 e. The Balaban J connectivity index is 1.28. The molecule has 1 aromatic heterocycles. The molecule has 1 aliphatic carbocycles. The van der Waals surface area contributed by atoms with Crippen molar-refractivity contribution in [2.75, 3.05) is 42.7 Å². The zero-order chi connectivity index (χ0) is 21.8. The van der Waals surface area contributed by atoms with Crippen LogP contribution in [0.4, 0.5) is 11.6 Å². The number of thioether (sulfide) groups is 1. The van der Waals surface area contributed by atoms with E-state index in [-0.39, 0.29) is 24.1 Å². The van der Waals surface area contributed by atoms with Gasteiger partial charge in [0.2, 0.25) is 17.8 Å². The molecular weight excluding hydrogens is 416 g/mol. The number of aryl methyl sites for hydroxylation is 1. The van der Waals surface area contributed by atoms with E-state index >= 15 is 0 Å². The number of aromatic nitrogens is 3. The summed E-state index contributed by atoms with van der Waals surface area (Å²) >= 11 is 1.37. The second-order valence-corrected chi connectivity index (χ2v) is 8.84. The van der Waals surface area contributed by atoms with E-state index in [1.807, 2.05) is 19.1 Å². The van der Waals surface area contributed by atoms with Crippen LogP contribution in [-0.2, 0) is 9.59 Å². The van der Waals surface area contributed by atoms with E-state index in [2.05, 4.69) is 30.3 Å². The Morgan fingerprint density at radius 3 is 2.68 bits per heavy atom. The molecule has 2 aliphatic rings. The SMILES string of the molecule is COc1ccc(C)cc1NC(=O)CNC(=O)CSc1nnc(N2CCCC2)n1C1CC1. The largest absolute Gasteiger partial charge is 0.495 e. The Hall–Kier alpha value is -2.75. The van der Waals surface area contributed by atoms with Crippen molar-refractivity contribution in [1.82, 2.24) is 20.1 Å². The fourth-order valence-electron chi connectivity index (χ4n) is 3.63. The molecule has 10 heteroatoms. The molecule has 2 heterocycles. The maximum Gasteiger partial charge on any atom is 0.243 e. The Morgan fingerprint density at radius 1 is 1.19 bits per heavy atom. The summed E-state index contributed by atoms with van der Waals surface area (Å²) < 4.78 is 7.45. The molecule has 0 unspecified atom stereocenters. The predicted molar refractivity (Wildman–Crippen MR) is 120 cm³/mol. The van der Waals surface area contributed by atoms with E-state index in [0.717, 1.165) is 42.6 Å².